The van der Waals surface area contributed by atoms with Crippen molar-refractivity contribution in [1.29, 1.82) is 0 Å². The fourth-order valence-corrected chi connectivity index (χ4v) is 6.91. The summed E-state index contributed by atoms with van der Waals surface area (Å²) in [6, 6.07) is 15.6. The van der Waals surface area contributed by atoms with Crippen LogP contribution in [0.3, 0.4) is 0 Å². The lowest BCUT2D eigenvalue weighted by Gasteiger charge is -2.36. The van der Waals surface area contributed by atoms with Crippen molar-refractivity contribution in [2.75, 3.05) is 51.6 Å². The number of piperidine rings is 2. The number of benzene rings is 2. The predicted molar refractivity (Wildman–Crippen MR) is 214 cm³/mol. The van der Waals surface area contributed by atoms with Crippen LogP contribution in [0.1, 0.15) is 68.9 Å². The highest BCUT2D eigenvalue weighted by molar-refractivity contribution is 6.31. The Morgan fingerprint density at radius 3 is 1.60 bits per heavy atom. The number of nitrogens with one attached hydrogen (secondary N) is 3. The SMILES string of the molecule is CNc1nc(CNCC2(F)CCN(C(=O)c3ccc([18F])c(Cl)c3)CC2)ccc1C.Cc1ccc(CNCC2(F)CCN(C(=O)c3ccc([18F])c(Cl)c3)CC2)nc1.F. The van der Waals surface area contributed by atoms with Crippen LogP contribution in [0, 0.1) is 25.5 Å². The molecule has 16 heteroatoms. The molecule has 0 aliphatic carbocycles. The second kappa shape index (κ2) is 20.4. The fraction of sp³-hybridized carbons (Fsp3) is 0.415. The maximum absolute atomic E-state index is 15.1. The normalized spacial score (nSPS) is 15.9. The average molecular weight is 835 g/mol. The number of hydrogen-bond donors (Lipinski definition) is 3. The van der Waals surface area contributed by atoms with Crippen molar-refractivity contribution in [2.24, 2.45) is 0 Å². The third kappa shape index (κ3) is 12.6. The van der Waals surface area contributed by atoms with Crippen molar-refractivity contribution in [3.63, 3.8) is 0 Å². The van der Waals surface area contributed by atoms with E-state index in [1.54, 1.807) is 16.0 Å². The zero-order valence-electron chi connectivity index (χ0n) is 32.1. The molecule has 0 unspecified atom stereocenters. The van der Waals surface area contributed by atoms with Crippen LogP contribution in [0.2, 0.25) is 10.0 Å². The fourth-order valence-electron chi connectivity index (χ4n) is 6.55. The van der Waals surface area contributed by atoms with E-state index >= 15 is 8.78 Å². The molecule has 0 saturated carbocycles. The maximum atomic E-state index is 15.1. The number of amides is 2. The third-order valence-electron chi connectivity index (χ3n) is 10.1. The van der Waals surface area contributed by atoms with Crippen molar-refractivity contribution in [3.05, 3.63) is 122 Å². The molecule has 4 aromatic rings. The summed E-state index contributed by atoms with van der Waals surface area (Å²) < 4.78 is 56.7. The van der Waals surface area contributed by atoms with Crippen LogP contribution >= 0.6 is 23.2 Å². The number of rotatable bonds is 11. The minimum absolute atomic E-state index is 0. The lowest BCUT2D eigenvalue weighted by Crippen LogP contribution is -2.48. The molecular formula is C41H48Cl2F5N7O2. The van der Waals surface area contributed by atoms with Crippen LogP contribution in [0.4, 0.5) is 28.1 Å². The molecule has 9 nitrogen and oxygen atoms in total. The molecule has 2 aromatic carbocycles. The first kappa shape index (κ1) is 45.3. The Bertz CT molecular complexity index is 1980. The predicted octanol–water partition coefficient (Wildman–Crippen LogP) is 8.03. The first-order chi connectivity index (χ1) is 26.7. The highest BCUT2D eigenvalue weighted by Gasteiger charge is 2.37. The smallest absolute Gasteiger partial charge is 0.253 e. The molecule has 2 aliphatic rings. The van der Waals surface area contributed by atoms with Gasteiger partial charge in [0.2, 0.25) is 0 Å². The van der Waals surface area contributed by atoms with Crippen molar-refractivity contribution in [2.45, 2.75) is 64.0 Å². The average Bonchev–Trinajstić information content (AvgIpc) is 3.18. The molecule has 2 amide bonds. The van der Waals surface area contributed by atoms with Crippen LogP contribution in [-0.4, -0.2) is 89.2 Å². The lowest BCUT2D eigenvalue weighted by molar-refractivity contribution is 0.0425. The van der Waals surface area contributed by atoms with Crippen molar-refractivity contribution >= 4 is 40.8 Å². The van der Waals surface area contributed by atoms with Gasteiger partial charge in [0, 0.05) is 102 Å². The molecule has 3 N–H and O–H groups in total. The number of nitrogens with zero attached hydrogens (tertiary/aromatic N) is 4. The van der Waals surface area contributed by atoms with E-state index in [0.29, 0.717) is 50.4 Å². The molecule has 2 fully saturated rings. The Morgan fingerprint density at radius 1 is 0.719 bits per heavy atom. The summed E-state index contributed by atoms with van der Waals surface area (Å²) in [5.74, 6) is -0.836. The number of pyridine rings is 2. The van der Waals surface area contributed by atoms with Crippen LogP contribution in [-0.2, 0) is 13.1 Å². The summed E-state index contributed by atoms with van der Waals surface area (Å²) in [7, 11) is 1.82. The van der Waals surface area contributed by atoms with Crippen LogP contribution in [0.25, 0.3) is 0 Å². The first-order valence-corrected chi connectivity index (χ1v) is 19.3. The molecule has 4 heterocycles. The minimum Gasteiger partial charge on any atom is -0.373 e. The molecule has 57 heavy (non-hydrogen) atoms. The number of anilines is 1. The van der Waals surface area contributed by atoms with E-state index < -0.39 is 23.0 Å². The van der Waals surface area contributed by atoms with E-state index in [-0.39, 0.29) is 65.3 Å². The Kier molecular flexibility index (Phi) is 16.2. The number of likely N-dealkylation sites (tertiary alicyclic amines) is 2. The zero-order chi connectivity index (χ0) is 40.5. The van der Waals surface area contributed by atoms with Gasteiger partial charge in [-0.25, -0.2) is 22.5 Å². The van der Waals surface area contributed by atoms with Crippen LogP contribution in [0.5, 0.6) is 0 Å². The van der Waals surface area contributed by atoms with Gasteiger partial charge >= 0.3 is 0 Å². The second-order valence-electron chi connectivity index (χ2n) is 14.4. The van der Waals surface area contributed by atoms with Gasteiger partial charge in [-0.2, -0.15) is 0 Å². The molecule has 0 atom stereocenters. The van der Waals surface area contributed by atoms with Gasteiger partial charge in [0.25, 0.3) is 11.8 Å². The Balaban J connectivity index is 0.000000249. The summed E-state index contributed by atoms with van der Waals surface area (Å²) in [4.78, 5) is 37.0. The number of aryl methyl sites for hydroxylation is 2. The molecule has 0 radical (unpaired) electrons. The summed E-state index contributed by atoms with van der Waals surface area (Å²) >= 11 is 11.5. The quantitative estimate of drug-likeness (QED) is 0.132. The molecule has 0 bridgehead atoms. The largest absolute Gasteiger partial charge is 0.373 e. The van der Waals surface area contributed by atoms with Crippen molar-refractivity contribution < 1.29 is 31.9 Å². The monoisotopic (exact) mass is 833 g/mol. The van der Waals surface area contributed by atoms with E-state index in [2.05, 4.69) is 25.9 Å². The standard InChI is InChI=1S/C21H25ClF2N4O.C20H22ClF2N3O.FH/c1-14-3-5-16(27-19(14)25-2)12-26-13-21(24)7-9-28(10-8-21)20(29)15-4-6-18(23)17(22)11-15;1-14-2-4-16(25-11-14)12-24-13-20(23)6-8-26(9-7-20)19(27)15-3-5-18(22)17(21)10-15;/h3-6,11,26H,7-10,12-13H2,1-2H3,(H,25,27);2-5,10-11,24H,6-9,12-13H2,1H3;1H/i23-1;22-1;. The van der Waals surface area contributed by atoms with E-state index in [9.17, 15) is 18.4 Å². The van der Waals surface area contributed by atoms with E-state index in [4.69, 9.17) is 23.2 Å². The van der Waals surface area contributed by atoms with Gasteiger partial charge in [-0.1, -0.05) is 35.3 Å². The van der Waals surface area contributed by atoms with E-state index in [1.807, 2.05) is 45.2 Å². The second-order valence-corrected chi connectivity index (χ2v) is 15.2. The van der Waals surface area contributed by atoms with E-state index in [1.165, 1.54) is 36.4 Å². The van der Waals surface area contributed by atoms with Crippen LogP contribution in [0.15, 0.2) is 66.9 Å². The number of carbonyl (C=O) groups excluding carboxylic acids is 2. The summed E-state index contributed by atoms with van der Waals surface area (Å²) in [5, 5.41) is 9.12. The maximum Gasteiger partial charge on any atom is 0.253 e. The van der Waals surface area contributed by atoms with Gasteiger partial charge in [-0.3, -0.25) is 19.3 Å². The van der Waals surface area contributed by atoms with Gasteiger partial charge in [0.1, 0.15) is 28.8 Å². The molecule has 6 rings (SSSR count). The number of halogens is 7. The van der Waals surface area contributed by atoms with Gasteiger partial charge < -0.3 is 25.8 Å². The first-order valence-electron chi connectivity index (χ1n) is 18.5. The summed E-state index contributed by atoms with van der Waals surface area (Å²) in [5.41, 5.74) is 1.73. The molecule has 308 valence electrons. The van der Waals surface area contributed by atoms with Gasteiger partial charge in [-0.05, 0) is 73.5 Å². The zero-order valence-corrected chi connectivity index (χ0v) is 33.6. The van der Waals surface area contributed by atoms with Crippen molar-refractivity contribution in [1.82, 2.24) is 30.4 Å². The highest BCUT2D eigenvalue weighted by Crippen LogP contribution is 2.29. The topological polar surface area (TPSA) is 102 Å². The Morgan fingerprint density at radius 2 is 1.18 bits per heavy atom. The summed E-state index contributed by atoms with van der Waals surface area (Å²) in [6.45, 7) is 6.56. The van der Waals surface area contributed by atoms with Gasteiger partial charge in [-0.15, -0.1) is 0 Å². The molecule has 2 aromatic heterocycles. The minimum atomic E-state index is -1.38. The number of aromatic nitrogens is 2. The number of alkyl halides is 2. The highest BCUT2D eigenvalue weighted by atomic mass is 35.5. The molecule has 2 saturated heterocycles. The molecular weight excluding hydrogens is 786 g/mol. The van der Waals surface area contributed by atoms with Gasteiger partial charge in [0.05, 0.1) is 21.4 Å². The number of carbonyl (C=O) groups is 2. The molecule has 0 spiro atoms. The van der Waals surface area contributed by atoms with Crippen LogP contribution < -0.4 is 16.0 Å². The van der Waals surface area contributed by atoms with E-state index in [0.717, 1.165) is 28.3 Å². The summed E-state index contributed by atoms with van der Waals surface area (Å²) in [6.07, 6.45) is 2.77. The third-order valence-corrected chi connectivity index (χ3v) is 10.7. The Hall–Kier alpha value is -4.37. The van der Waals surface area contributed by atoms with Gasteiger partial charge in [0.15, 0.2) is 0 Å². The Labute approximate surface area is 339 Å². The number of hydrogen-bond acceptors (Lipinski definition) is 7. The van der Waals surface area contributed by atoms with Crippen molar-refractivity contribution in [3.8, 4) is 0 Å². The lowest BCUT2D eigenvalue weighted by atomic mass is 9.92. The molecule has 2 aliphatic heterocycles.